The Morgan fingerprint density at radius 2 is 2.08 bits per heavy atom. The second-order valence-electron chi connectivity index (χ2n) is 5.64. The van der Waals surface area contributed by atoms with Crippen LogP contribution in [0.25, 0.3) is 10.9 Å². The van der Waals surface area contributed by atoms with Crippen LogP contribution < -0.4 is 15.6 Å². The fourth-order valence-corrected chi connectivity index (χ4v) is 2.30. The summed E-state index contributed by atoms with van der Waals surface area (Å²) < 4.78 is 20.3. The minimum Gasteiger partial charge on any atom is -0.484 e. The molecule has 3 rings (SSSR count). The van der Waals surface area contributed by atoms with E-state index in [-0.39, 0.29) is 12.2 Å². The Labute approximate surface area is 142 Å². The predicted molar refractivity (Wildman–Crippen MR) is 92.2 cm³/mol. The van der Waals surface area contributed by atoms with Gasteiger partial charge in [0, 0.05) is 12.7 Å². The molecule has 0 atom stereocenters. The molecule has 0 aliphatic rings. The van der Waals surface area contributed by atoms with E-state index >= 15 is 0 Å². The molecule has 6 nitrogen and oxygen atoms in total. The summed E-state index contributed by atoms with van der Waals surface area (Å²) in [6, 6.07) is 9.27. The fourth-order valence-electron chi connectivity index (χ4n) is 2.30. The Morgan fingerprint density at radius 3 is 2.84 bits per heavy atom. The van der Waals surface area contributed by atoms with E-state index in [0.29, 0.717) is 27.9 Å². The van der Waals surface area contributed by atoms with Gasteiger partial charge >= 0.3 is 0 Å². The summed E-state index contributed by atoms with van der Waals surface area (Å²) in [6.45, 7) is 1.38. The molecule has 1 amide bonds. The number of rotatable bonds is 4. The van der Waals surface area contributed by atoms with Gasteiger partial charge in [-0.1, -0.05) is 6.07 Å². The molecule has 0 aliphatic heterocycles. The first kappa shape index (κ1) is 16.6. The average Bonchev–Trinajstić information content (AvgIpc) is 2.60. The van der Waals surface area contributed by atoms with E-state index < -0.39 is 11.7 Å². The second-order valence-corrected chi connectivity index (χ2v) is 5.64. The third-order valence-electron chi connectivity index (χ3n) is 3.71. The number of nitrogens with zero attached hydrogens (tertiary/aromatic N) is 2. The van der Waals surface area contributed by atoms with Crippen LogP contribution in [0.1, 0.15) is 5.56 Å². The third kappa shape index (κ3) is 3.65. The number of halogens is 1. The fraction of sp³-hybridized carbons (Fsp3) is 0.167. The van der Waals surface area contributed by atoms with Gasteiger partial charge in [-0.15, -0.1) is 0 Å². The largest absolute Gasteiger partial charge is 0.484 e. The predicted octanol–water partition coefficient (Wildman–Crippen LogP) is 2.40. The van der Waals surface area contributed by atoms with E-state index in [1.807, 2.05) is 0 Å². The van der Waals surface area contributed by atoms with Crippen LogP contribution in [0.3, 0.4) is 0 Å². The zero-order valence-corrected chi connectivity index (χ0v) is 13.7. The smallest absolute Gasteiger partial charge is 0.262 e. The number of hydrogen-bond acceptors (Lipinski definition) is 4. The maximum atomic E-state index is 13.5. The van der Waals surface area contributed by atoms with Gasteiger partial charge in [0.15, 0.2) is 6.61 Å². The highest BCUT2D eigenvalue weighted by molar-refractivity contribution is 5.92. The molecular weight excluding hydrogens is 325 g/mol. The van der Waals surface area contributed by atoms with E-state index in [2.05, 4.69) is 10.3 Å². The summed E-state index contributed by atoms with van der Waals surface area (Å²) in [5.74, 6) is -0.443. The molecule has 3 aromatic rings. The number of carbonyl (C=O) groups is 1. The van der Waals surface area contributed by atoms with E-state index in [4.69, 9.17) is 4.74 Å². The molecule has 128 valence electrons. The Bertz CT molecular complexity index is 1010. The van der Waals surface area contributed by atoms with Crippen LogP contribution in [-0.2, 0) is 11.8 Å². The van der Waals surface area contributed by atoms with Gasteiger partial charge in [-0.05, 0) is 42.8 Å². The number of aryl methyl sites for hydroxylation is 2. The number of fused-ring (bicyclic) bond motifs is 1. The molecule has 2 aromatic carbocycles. The molecule has 0 fully saturated rings. The number of nitrogens with one attached hydrogen (secondary N) is 1. The molecule has 25 heavy (non-hydrogen) atoms. The lowest BCUT2D eigenvalue weighted by atomic mass is 10.2. The third-order valence-corrected chi connectivity index (χ3v) is 3.71. The monoisotopic (exact) mass is 341 g/mol. The molecule has 0 bridgehead atoms. The number of hydrogen-bond donors (Lipinski definition) is 1. The van der Waals surface area contributed by atoms with Gasteiger partial charge in [-0.3, -0.25) is 9.59 Å². The van der Waals surface area contributed by atoms with Gasteiger partial charge in [0.1, 0.15) is 11.6 Å². The highest BCUT2D eigenvalue weighted by atomic mass is 19.1. The molecule has 1 heterocycles. The zero-order chi connectivity index (χ0) is 18.0. The molecular formula is C18H16FN3O3. The van der Waals surface area contributed by atoms with Crippen LogP contribution in [0.2, 0.25) is 0 Å². The quantitative estimate of drug-likeness (QED) is 0.791. The van der Waals surface area contributed by atoms with Crippen LogP contribution in [0, 0.1) is 12.7 Å². The van der Waals surface area contributed by atoms with Gasteiger partial charge < -0.3 is 14.6 Å². The van der Waals surface area contributed by atoms with E-state index in [9.17, 15) is 14.0 Å². The lowest BCUT2D eigenvalue weighted by Crippen LogP contribution is -2.20. The first-order valence-corrected chi connectivity index (χ1v) is 7.58. The van der Waals surface area contributed by atoms with Crippen molar-refractivity contribution in [2.45, 2.75) is 6.92 Å². The lowest BCUT2D eigenvalue weighted by molar-refractivity contribution is -0.118. The van der Waals surface area contributed by atoms with Gasteiger partial charge in [-0.25, -0.2) is 9.37 Å². The molecule has 0 radical (unpaired) electrons. The Morgan fingerprint density at radius 1 is 1.28 bits per heavy atom. The minimum absolute atomic E-state index is 0.199. The van der Waals surface area contributed by atoms with E-state index in [1.165, 1.54) is 17.0 Å². The summed E-state index contributed by atoms with van der Waals surface area (Å²) in [4.78, 5) is 28.1. The standard InChI is InChI=1S/C18H16FN3O3/c1-11-3-4-12(7-15(11)19)21-17(23)9-25-13-5-6-16-14(8-13)18(24)22(2)10-20-16/h3-8,10H,9H2,1-2H3,(H,21,23). The van der Waals surface area contributed by atoms with Crippen molar-refractivity contribution in [3.05, 3.63) is 64.5 Å². The summed E-state index contributed by atoms with van der Waals surface area (Å²) in [5.41, 5.74) is 1.21. The normalized spacial score (nSPS) is 10.7. The average molecular weight is 341 g/mol. The van der Waals surface area contributed by atoms with Crippen LogP contribution in [-0.4, -0.2) is 22.1 Å². The molecule has 1 aromatic heterocycles. The van der Waals surface area contributed by atoms with Crippen molar-refractivity contribution < 1.29 is 13.9 Å². The molecule has 1 N–H and O–H groups in total. The SMILES string of the molecule is Cc1ccc(NC(=O)COc2ccc3ncn(C)c(=O)c3c2)cc1F. The van der Waals surface area contributed by atoms with Crippen LogP contribution >= 0.6 is 0 Å². The minimum atomic E-state index is -0.428. The van der Waals surface area contributed by atoms with Crippen molar-refractivity contribution in [3.63, 3.8) is 0 Å². The van der Waals surface area contributed by atoms with Crippen LogP contribution in [0.4, 0.5) is 10.1 Å². The highest BCUT2D eigenvalue weighted by Crippen LogP contribution is 2.17. The molecule has 0 saturated carbocycles. The number of benzene rings is 2. The van der Waals surface area contributed by atoms with Crippen molar-refractivity contribution in [1.29, 1.82) is 0 Å². The van der Waals surface area contributed by atoms with Crippen molar-refractivity contribution in [3.8, 4) is 5.75 Å². The van der Waals surface area contributed by atoms with Crippen LogP contribution in [0.5, 0.6) is 5.75 Å². The van der Waals surface area contributed by atoms with Gasteiger partial charge in [0.05, 0.1) is 17.2 Å². The van der Waals surface area contributed by atoms with Gasteiger partial charge in [-0.2, -0.15) is 0 Å². The Hall–Kier alpha value is -3.22. The van der Waals surface area contributed by atoms with Crippen molar-refractivity contribution in [2.24, 2.45) is 7.05 Å². The first-order chi connectivity index (χ1) is 11.9. The number of carbonyl (C=O) groups excluding carboxylic acids is 1. The molecule has 0 saturated heterocycles. The Kier molecular flexibility index (Phi) is 4.47. The summed E-state index contributed by atoms with van der Waals surface area (Å²) >= 11 is 0. The lowest BCUT2D eigenvalue weighted by Gasteiger charge is -2.09. The van der Waals surface area contributed by atoms with Gasteiger partial charge in [0.2, 0.25) is 0 Å². The molecule has 0 spiro atoms. The number of amides is 1. The summed E-state index contributed by atoms with van der Waals surface area (Å²) in [5, 5.41) is 2.96. The van der Waals surface area contributed by atoms with Crippen molar-refractivity contribution in [2.75, 3.05) is 11.9 Å². The summed E-state index contributed by atoms with van der Waals surface area (Å²) in [7, 11) is 1.61. The van der Waals surface area contributed by atoms with E-state index in [1.54, 1.807) is 44.3 Å². The molecule has 0 aliphatic carbocycles. The zero-order valence-electron chi connectivity index (χ0n) is 13.7. The Balaban J connectivity index is 1.69. The van der Waals surface area contributed by atoms with E-state index in [0.717, 1.165) is 0 Å². The molecule has 7 heteroatoms. The first-order valence-electron chi connectivity index (χ1n) is 7.58. The van der Waals surface area contributed by atoms with Gasteiger partial charge in [0.25, 0.3) is 11.5 Å². The summed E-state index contributed by atoms with van der Waals surface area (Å²) in [6.07, 6.45) is 1.44. The van der Waals surface area contributed by atoms with Crippen molar-refractivity contribution in [1.82, 2.24) is 9.55 Å². The number of aromatic nitrogens is 2. The topological polar surface area (TPSA) is 73.2 Å². The maximum absolute atomic E-state index is 13.5. The maximum Gasteiger partial charge on any atom is 0.262 e. The van der Waals surface area contributed by atoms with Crippen molar-refractivity contribution >= 4 is 22.5 Å². The highest BCUT2D eigenvalue weighted by Gasteiger charge is 2.08. The number of ether oxygens (including phenoxy) is 1. The number of anilines is 1. The molecule has 0 unspecified atom stereocenters. The van der Waals surface area contributed by atoms with Crippen LogP contribution in [0.15, 0.2) is 47.5 Å². The second kappa shape index (κ2) is 6.72.